The van der Waals surface area contributed by atoms with E-state index in [9.17, 15) is 13.6 Å². The molecule has 0 aromatic heterocycles. The lowest BCUT2D eigenvalue weighted by Crippen LogP contribution is -2.25. The molecule has 0 atom stereocenters. The minimum atomic E-state index is -0.760. The predicted octanol–water partition coefficient (Wildman–Crippen LogP) is 2.15. The molecule has 1 aromatic carbocycles. The molecule has 2 rings (SSSR count). The predicted molar refractivity (Wildman–Crippen MR) is 61.0 cm³/mol. The van der Waals surface area contributed by atoms with Crippen molar-refractivity contribution in [1.29, 1.82) is 0 Å². The van der Waals surface area contributed by atoms with Crippen molar-refractivity contribution in [3.8, 4) is 0 Å². The van der Waals surface area contributed by atoms with Gasteiger partial charge in [-0.3, -0.25) is 4.79 Å². The van der Waals surface area contributed by atoms with Crippen LogP contribution in [0.2, 0.25) is 0 Å². The van der Waals surface area contributed by atoms with Crippen LogP contribution in [0.1, 0.15) is 23.2 Å². The van der Waals surface area contributed by atoms with Crippen molar-refractivity contribution in [2.24, 2.45) is 5.92 Å². The van der Waals surface area contributed by atoms with E-state index in [0.29, 0.717) is 12.5 Å². The van der Waals surface area contributed by atoms with E-state index in [1.54, 1.807) is 0 Å². The first-order chi connectivity index (χ1) is 8.11. The van der Waals surface area contributed by atoms with Gasteiger partial charge in [0.25, 0.3) is 5.91 Å². The summed E-state index contributed by atoms with van der Waals surface area (Å²) in [6.07, 6.45) is 2.23. The molecule has 0 bridgehead atoms. The first-order valence-corrected chi connectivity index (χ1v) is 5.57. The molecule has 0 heterocycles. The fourth-order valence-electron chi connectivity index (χ4n) is 1.60. The Morgan fingerprint density at radius 1 is 1.35 bits per heavy atom. The molecule has 0 radical (unpaired) electrons. The molecule has 0 saturated heterocycles. The van der Waals surface area contributed by atoms with Gasteiger partial charge in [0.15, 0.2) is 0 Å². The van der Waals surface area contributed by atoms with Gasteiger partial charge in [-0.2, -0.15) is 0 Å². The molecule has 5 heteroatoms. The fraction of sp³-hybridized carbons (Fsp3) is 0.417. The van der Waals surface area contributed by atoms with Crippen LogP contribution < -0.4 is 10.6 Å². The number of hydrogen-bond acceptors (Lipinski definition) is 2. The summed E-state index contributed by atoms with van der Waals surface area (Å²) in [4.78, 5) is 11.6. The van der Waals surface area contributed by atoms with E-state index in [0.717, 1.165) is 25.0 Å². The minimum Gasteiger partial charge on any atom is -0.383 e. The van der Waals surface area contributed by atoms with Crippen molar-refractivity contribution in [1.82, 2.24) is 5.32 Å². The molecule has 1 saturated carbocycles. The van der Waals surface area contributed by atoms with Gasteiger partial charge in [0, 0.05) is 19.2 Å². The Balaban J connectivity index is 2.11. The number of amides is 1. The lowest BCUT2D eigenvalue weighted by molar-refractivity contribution is 0.0951. The van der Waals surface area contributed by atoms with E-state index in [2.05, 4.69) is 10.6 Å². The normalized spacial score (nSPS) is 14.5. The summed E-state index contributed by atoms with van der Waals surface area (Å²) < 4.78 is 26.8. The Hall–Kier alpha value is -1.65. The Bertz CT molecular complexity index is 421. The van der Waals surface area contributed by atoms with E-state index in [1.165, 1.54) is 7.05 Å². The Morgan fingerprint density at radius 3 is 2.41 bits per heavy atom. The van der Waals surface area contributed by atoms with Gasteiger partial charge in [0.05, 0.1) is 0 Å². The van der Waals surface area contributed by atoms with Crippen molar-refractivity contribution < 1.29 is 13.6 Å². The second-order valence-corrected chi connectivity index (χ2v) is 4.22. The molecule has 0 spiro atoms. The first kappa shape index (κ1) is 11.8. The quantitative estimate of drug-likeness (QED) is 0.846. The highest BCUT2D eigenvalue weighted by Crippen LogP contribution is 2.27. The number of rotatable bonds is 4. The molecule has 1 amide bonds. The van der Waals surface area contributed by atoms with Gasteiger partial charge in [-0.25, -0.2) is 8.78 Å². The molecular formula is C12H14F2N2O. The zero-order valence-corrected chi connectivity index (χ0v) is 9.52. The molecule has 1 aliphatic rings. The topological polar surface area (TPSA) is 41.1 Å². The summed E-state index contributed by atoms with van der Waals surface area (Å²) in [5.41, 5.74) is -0.205. The van der Waals surface area contributed by atoms with Crippen LogP contribution >= 0.6 is 0 Å². The third-order valence-corrected chi connectivity index (χ3v) is 2.80. The lowest BCUT2D eigenvalue weighted by atomic mass is 10.1. The van der Waals surface area contributed by atoms with Crippen LogP contribution in [0.5, 0.6) is 0 Å². The molecule has 0 aliphatic heterocycles. The SMILES string of the molecule is CNc1c(F)cc(C(=O)NCC2CC2)cc1F. The maximum absolute atomic E-state index is 13.4. The van der Waals surface area contributed by atoms with Gasteiger partial charge in [-0.15, -0.1) is 0 Å². The van der Waals surface area contributed by atoms with E-state index in [-0.39, 0.29) is 11.3 Å². The molecular weight excluding hydrogens is 226 g/mol. The van der Waals surface area contributed by atoms with Crippen LogP contribution in [0.3, 0.4) is 0 Å². The van der Waals surface area contributed by atoms with E-state index in [4.69, 9.17) is 0 Å². The molecule has 1 fully saturated rings. The van der Waals surface area contributed by atoms with Gasteiger partial charge in [-0.05, 0) is 30.9 Å². The van der Waals surface area contributed by atoms with Crippen LogP contribution in [0.4, 0.5) is 14.5 Å². The highest BCUT2D eigenvalue weighted by atomic mass is 19.1. The molecule has 17 heavy (non-hydrogen) atoms. The molecule has 0 unspecified atom stereocenters. The highest BCUT2D eigenvalue weighted by molar-refractivity contribution is 5.94. The van der Waals surface area contributed by atoms with Crippen LogP contribution in [0, 0.1) is 17.6 Å². The Kier molecular flexibility index (Phi) is 3.26. The number of carbonyl (C=O) groups is 1. The maximum atomic E-state index is 13.4. The number of hydrogen-bond donors (Lipinski definition) is 2. The summed E-state index contributed by atoms with van der Waals surface area (Å²) in [6.45, 7) is 0.579. The van der Waals surface area contributed by atoms with Gasteiger partial charge in [0.2, 0.25) is 0 Å². The Morgan fingerprint density at radius 2 is 1.94 bits per heavy atom. The third-order valence-electron chi connectivity index (χ3n) is 2.80. The van der Waals surface area contributed by atoms with Gasteiger partial charge >= 0.3 is 0 Å². The second kappa shape index (κ2) is 4.69. The lowest BCUT2D eigenvalue weighted by Gasteiger charge is -2.08. The average Bonchev–Trinajstić information content (AvgIpc) is 3.09. The summed E-state index contributed by atoms with van der Waals surface area (Å²) in [5.74, 6) is -1.42. The summed E-state index contributed by atoms with van der Waals surface area (Å²) >= 11 is 0. The molecule has 1 aromatic rings. The van der Waals surface area contributed by atoms with Crippen molar-refractivity contribution in [2.45, 2.75) is 12.8 Å². The summed E-state index contributed by atoms with van der Waals surface area (Å²) in [7, 11) is 1.42. The third kappa shape index (κ3) is 2.72. The van der Waals surface area contributed by atoms with Gasteiger partial charge < -0.3 is 10.6 Å². The smallest absolute Gasteiger partial charge is 0.251 e. The first-order valence-electron chi connectivity index (χ1n) is 5.57. The van der Waals surface area contributed by atoms with Crippen LogP contribution in [0.15, 0.2) is 12.1 Å². The number of nitrogens with one attached hydrogen (secondary N) is 2. The number of anilines is 1. The highest BCUT2D eigenvalue weighted by Gasteiger charge is 2.22. The zero-order valence-electron chi connectivity index (χ0n) is 9.52. The number of benzene rings is 1. The monoisotopic (exact) mass is 240 g/mol. The Labute approximate surface area is 98.2 Å². The molecule has 92 valence electrons. The maximum Gasteiger partial charge on any atom is 0.251 e. The summed E-state index contributed by atoms with van der Waals surface area (Å²) in [6, 6.07) is 2.08. The van der Waals surface area contributed by atoms with Gasteiger partial charge in [0.1, 0.15) is 17.3 Å². The van der Waals surface area contributed by atoms with E-state index in [1.807, 2.05) is 0 Å². The average molecular weight is 240 g/mol. The van der Waals surface area contributed by atoms with Crippen LogP contribution in [-0.4, -0.2) is 19.5 Å². The van der Waals surface area contributed by atoms with E-state index >= 15 is 0 Å². The second-order valence-electron chi connectivity index (χ2n) is 4.22. The van der Waals surface area contributed by atoms with Crippen molar-refractivity contribution >= 4 is 11.6 Å². The summed E-state index contributed by atoms with van der Waals surface area (Å²) in [5, 5.41) is 5.07. The van der Waals surface area contributed by atoms with E-state index < -0.39 is 17.5 Å². The molecule has 3 nitrogen and oxygen atoms in total. The van der Waals surface area contributed by atoms with Crippen LogP contribution in [-0.2, 0) is 0 Å². The molecule has 1 aliphatic carbocycles. The molecule has 2 N–H and O–H groups in total. The minimum absolute atomic E-state index is 0.0136. The van der Waals surface area contributed by atoms with Crippen LogP contribution in [0.25, 0.3) is 0 Å². The van der Waals surface area contributed by atoms with Gasteiger partial charge in [-0.1, -0.05) is 0 Å². The number of carbonyl (C=O) groups excluding carboxylic acids is 1. The number of halogens is 2. The largest absolute Gasteiger partial charge is 0.383 e. The van der Waals surface area contributed by atoms with Crippen molar-refractivity contribution in [3.63, 3.8) is 0 Å². The van der Waals surface area contributed by atoms with Crippen molar-refractivity contribution in [3.05, 3.63) is 29.3 Å². The fourth-order valence-corrected chi connectivity index (χ4v) is 1.60. The zero-order chi connectivity index (χ0) is 12.4. The standard InChI is InChI=1S/C12H14F2N2O/c1-15-11-9(13)4-8(5-10(11)14)12(17)16-6-7-2-3-7/h4-5,7,15H,2-3,6H2,1H3,(H,16,17). The van der Waals surface area contributed by atoms with Crippen molar-refractivity contribution in [2.75, 3.05) is 18.9 Å².